The third-order valence-corrected chi connectivity index (χ3v) is 4.84. The van der Waals surface area contributed by atoms with E-state index in [-0.39, 0.29) is 11.6 Å². The zero-order valence-corrected chi connectivity index (χ0v) is 12.9. The van der Waals surface area contributed by atoms with Crippen molar-refractivity contribution < 1.29 is 5.11 Å². The molecule has 3 atom stereocenters. The topological polar surface area (TPSA) is 58.1 Å². The predicted molar refractivity (Wildman–Crippen MR) is 83.1 cm³/mol. The Labute approximate surface area is 123 Å². The van der Waals surface area contributed by atoms with Gasteiger partial charge in [-0.2, -0.15) is 0 Å². The second-order valence-electron chi connectivity index (χ2n) is 5.94. The molecule has 2 heterocycles. The van der Waals surface area contributed by atoms with Crippen LogP contribution in [-0.2, 0) is 6.42 Å². The van der Waals surface area contributed by atoms with Gasteiger partial charge in [-0.1, -0.05) is 19.1 Å². The average Bonchev–Trinajstić information content (AvgIpc) is 3.02. The molecule has 0 bridgehead atoms. The monoisotopic (exact) mass is 287 g/mol. The normalized spacial score (nSPS) is 26.1. The number of benzene rings is 1. The number of hydrogen-bond acceptors (Lipinski definition) is 4. The molecule has 1 N–H and O–H groups in total. The standard InChI is InChI=1S/C16H21N3O2/c1-5-14-17-13-9-7-6-8-12(13)15(21)18(14)19-10(2)16(19,4)11(3)20/h6-11,20H,5H2,1-4H3/t10-,11-,16-,19?/m0/s1. The minimum absolute atomic E-state index is 0.0614. The van der Waals surface area contributed by atoms with Crippen LogP contribution in [0.25, 0.3) is 10.9 Å². The van der Waals surface area contributed by atoms with Gasteiger partial charge in [0.25, 0.3) is 5.56 Å². The summed E-state index contributed by atoms with van der Waals surface area (Å²) in [7, 11) is 0. The van der Waals surface area contributed by atoms with Crippen LogP contribution in [0.15, 0.2) is 29.1 Å². The predicted octanol–water partition coefficient (Wildman–Crippen LogP) is 1.44. The first-order valence-electron chi connectivity index (χ1n) is 7.41. The van der Waals surface area contributed by atoms with E-state index in [2.05, 4.69) is 4.98 Å². The first-order valence-corrected chi connectivity index (χ1v) is 7.41. The molecule has 1 aromatic carbocycles. The van der Waals surface area contributed by atoms with Crippen molar-refractivity contribution in [3.05, 3.63) is 40.4 Å². The lowest BCUT2D eigenvalue weighted by Gasteiger charge is -2.20. The molecule has 3 rings (SSSR count). The summed E-state index contributed by atoms with van der Waals surface area (Å²) in [6, 6.07) is 7.50. The molecule has 0 radical (unpaired) electrons. The summed E-state index contributed by atoms with van der Waals surface area (Å²) in [6.07, 6.45) is 0.148. The number of aryl methyl sites for hydroxylation is 1. The number of aliphatic hydroxyl groups is 1. The molecule has 5 nitrogen and oxygen atoms in total. The summed E-state index contributed by atoms with van der Waals surface area (Å²) in [5.74, 6) is 0.731. The van der Waals surface area contributed by atoms with Gasteiger partial charge < -0.3 is 5.11 Å². The maximum absolute atomic E-state index is 12.8. The highest BCUT2D eigenvalue weighted by atomic mass is 16.3. The van der Waals surface area contributed by atoms with Gasteiger partial charge >= 0.3 is 0 Å². The maximum Gasteiger partial charge on any atom is 0.280 e. The van der Waals surface area contributed by atoms with E-state index in [0.717, 1.165) is 11.3 Å². The van der Waals surface area contributed by atoms with E-state index >= 15 is 0 Å². The van der Waals surface area contributed by atoms with Crippen LogP contribution in [-0.4, -0.2) is 32.5 Å². The van der Waals surface area contributed by atoms with Crippen molar-refractivity contribution in [3.63, 3.8) is 0 Å². The second kappa shape index (κ2) is 4.56. The molecule has 0 aliphatic carbocycles. The number of aromatic nitrogens is 2. The molecule has 1 aliphatic heterocycles. The molecular formula is C16H21N3O2. The van der Waals surface area contributed by atoms with E-state index in [1.807, 2.05) is 44.0 Å². The van der Waals surface area contributed by atoms with Gasteiger partial charge in [-0.25, -0.2) is 9.66 Å². The Morgan fingerprint density at radius 2 is 2.10 bits per heavy atom. The number of para-hydroxylation sites is 1. The Morgan fingerprint density at radius 1 is 1.43 bits per heavy atom. The maximum atomic E-state index is 12.8. The minimum Gasteiger partial charge on any atom is -0.391 e. The Bertz CT molecular complexity index is 753. The van der Waals surface area contributed by atoms with Gasteiger partial charge in [0.2, 0.25) is 0 Å². The molecule has 1 saturated heterocycles. The molecule has 21 heavy (non-hydrogen) atoms. The summed E-state index contributed by atoms with van der Waals surface area (Å²) in [6.45, 7) is 7.75. The van der Waals surface area contributed by atoms with E-state index in [0.29, 0.717) is 11.8 Å². The van der Waals surface area contributed by atoms with Gasteiger partial charge in [0, 0.05) is 6.42 Å². The number of nitrogens with zero attached hydrogens (tertiary/aromatic N) is 3. The summed E-state index contributed by atoms with van der Waals surface area (Å²) in [5.41, 5.74) is 0.246. The van der Waals surface area contributed by atoms with E-state index in [9.17, 15) is 9.90 Å². The van der Waals surface area contributed by atoms with E-state index < -0.39 is 11.6 Å². The van der Waals surface area contributed by atoms with Crippen LogP contribution in [0, 0.1) is 0 Å². The van der Waals surface area contributed by atoms with E-state index in [4.69, 9.17) is 0 Å². The van der Waals surface area contributed by atoms with Crippen LogP contribution in [0.1, 0.15) is 33.5 Å². The summed E-state index contributed by atoms with van der Waals surface area (Å²) >= 11 is 0. The highest BCUT2D eigenvalue weighted by Crippen LogP contribution is 2.41. The zero-order valence-electron chi connectivity index (χ0n) is 12.9. The number of hydrogen-bond donors (Lipinski definition) is 1. The fourth-order valence-corrected chi connectivity index (χ4v) is 3.10. The van der Waals surface area contributed by atoms with Crippen LogP contribution in [0.5, 0.6) is 0 Å². The van der Waals surface area contributed by atoms with Gasteiger partial charge in [-0.3, -0.25) is 9.80 Å². The lowest BCUT2D eigenvalue weighted by molar-refractivity contribution is 0.153. The Kier molecular flexibility index (Phi) is 3.06. The summed E-state index contributed by atoms with van der Waals surface area (Å²) in [4.78, 5) is 17.5. The number of fused-ring (bicyclic) bond motifs is 1. The fourth-order valence-electron chi connectivity index (χ4n) is 3.10. The first kappa shape index (κ1) is 14.1. The number of rotatable bonds is 3. The third kappa shape index (κ3) is 1.80. The first-order chi connectivity index (χ1) is 9.92. The largest absolute Gasteiger partial charge is 0.391 e. The van der Waals surface area contributed by atoms with Crippen LogP contribution < -0.4 is 10.6 Å². The smallest absolute Gasteiger partial charge is 0.280 e. The molecule has 1 fully saturated rings. The SMILES string of the molecule is CCc1nc2ccccc2c(=O)n1N1[C@@H](C)[C@@]1(C)[C@H](C)O. The minimum atomic E-state index is -0.518. The third-order valence-electron chi connectivity index (χ3n) is 4.84. The molecule has 0 saturated carbocycles. The fraction of sp³-hybridized carbons (Fsp3) is 0.500. The molecule has 5 heteroatoms. The molecule has 0 unspecified atom stereocenters. The van der Waals surface area contributed by atoms with Crippen LogP contribution in [0.4, 0.5) is 0 Å². The van der Waals surface area contributed by atoms with Crippen molar-refractivity contribution in [2.75, 3.05) is 5.01 Å². The molecule has 0 amide bonds. The van der Waals surface area contributed by atoms with E-state index in [1.165, 1.54) is 0 Å². The van der Waals surface area contributed by atoms with Gasteiger partial charge in [0.15, 0.2) is 0 Å². The van der Waals surface area contributed by atoms with Crippen molar-refractivity contribution in [1.82, 2.24) is 9.66 Å². The molecule has 1 aromatic heterocycles. The van der Waals surface area contributed by atoms with E-state index in [1.54, 1.807) is 17.7 Å². The zero-order chi connectivity index (χ0) is 15.4. The highest BCUT2D eigenvalue weighted by molar-refractivity contribution is 5.77. The molecular weight excluding hydrogens is 266 g/mol. The highest BCUT2D eigenvalue weighted by Gasteiger charge is 2.61. The van der Waals surface area contributed by atoms with Crippen LogP contribution in [0.2, 0.25) is 0 Å². The number of aliphatic hydroxyl groups excluding tert-OH is 1. The molecule has 2 aromatic rings. The quantitative estimate of drug-likeness (QED) is 0.868. The Hall–Kier alpha value is -1.88. The summed E-state index contributed by atoms with van der Waals surface area (Å²) in [5, 5.41) is 12.6. The average molecular weight is 287 g/mol. The summed E-state index contributed by atoms with van der Waals surface area (Å²) < 4.78 is 1.65. The van der Waals surface area contributed by atoms with Gasteiger partial charge in [-0.15, -0.1) is 0 Å². The van der Waals surface area contributed by atoms with Gasteiger partial charge in [0.1, 0.15) is 11.4 Å². The van der Waals surface area contributed by atoms with Crippen molar-refractivity contribution >= 4 is 10.9 Å². The lowest BCUT2D eigenvalue weighted by Crippen LogP contribution is -2.40. The van der Waals surface area contributed by atoms with Crippen molar-refractivity contribution in [2.45, 2.75) is 51.8 Å². The van der Waals surface area contributed by atoms with Crippen molar-refractivity contribution in [3.8, 4) is 0 Å². The van der Waals surface area contributed by atoms with Crippen molar-refractivity contribution in [1.29, 1.82) is 0 Å². The molecule has 1 aliphatic rings. The van der Waals surface area contributed by atoms with Gasteiger partial charge in [0.05, 0.1) is 23.0 Å². The van der Waals surface area contributed by atoms with Crippen LogP contribution in [0.3, 0.4) is 0 Å². The van der Waals surface area contributed by atoms with Crippen molar-refractivity contribution in [2.24, 2.45) is 0 Å². The lowest BCUT2D eigenvalue weighted by atomic mass is 10.0. The second-order valence-corrected chi connectivity index (χ2v) is 5.94. The molecule has 112 valence electrons. The Balaban J connectivity index is 2.24. The van der Waals surface area contributed by atoms with Crippen LogP contribution >= 0.6 is 0 Å². The molecule has 0 spiro atoms. The Morgan fingerprint density at radius 3 is 2.67 bits per heavy atom. The van der Waals surface area contributed by atoms with Gasteiger partial charge in [-0.05, 0) is 32.9 Å².